The van der Waals surface area contributed by atoms with Gasteiger partial charge in [0.05, 0.1) is 12.2 Å². The third kappa shape index (κ3) is 30.2. The normalized spacial score (nSPS) is 13.0. The van der Waals surface area contributed by atoms with E-state index < -0.39 is 136 Å². The number of amides is 12. The minimum absolute atomic E-state index is 0.0235. The zero-order valence-electron chi connectivity index (χ0n) is 64.0. The van der Waals surface area contributed by atoms with E-state index >= 15 is 4.79 Å². The van der Waals surface area contributed by atoms with Crippen LogP contribution >= 0.6 is 0 Å². The van der Waals surface area contributed by atoms with Gasteiger partial charge in [-0.25, -0.2) is 24.0 Å². The van der Waals surface area contributed by atoms with Gasteiger partial charge in [0.15, 0.2) is 0 Å². The summed E-state index contributed by atoms with van der Waals surface area (Å²) in [6.07, 6.45) is -3.80. The van der Waals surface area contributed by atoms with Crippen LogP contribution in [0, 0.1) is 0 Å². The molecule has 0 aliphatic rings. The molecule has 6 aromatic rings. The van der Waals surface area contributed by atoms with Crippen molar-refractivity contribution in [3.63, 3.8) is 0 Å². The molecule has 30 nitrogen and oxygen atoms in total. The molecule has 30 heteroatoms. The molecule has 12 N–H and O–H groups in total. The fraction of sp³-hybridized carbons (Fsp3) is 0.380. The number of carbonyl (C=O) groups is 13. The fourth-order valence-electron chi connectivity index (χ4n) is 10.1. The van der Waals surface area contributed by atoms with Gasteiger partial charge in [0.2, 0.25) is 35.4 Å². The Morgan fingerprint density at radius 1 is 0.303 bits per heavy atom. The first-order valence-electron chi connectivity index (χ1n) is 35.1. The molecule has 0 heterocycles. The Bertz CT molecular complexity index is 4110. The van der Waals surface area contributed by atoms with E-state index in [-0.39, 0.29) is 76.7 Å². The lowest BCUT2D eigenvalue weighted by atomic mass is 10.0. The Labute approximate surface area is 633 Å². The van der Waals surface area contributed by atoms with E-state index in [0.29, 0.717) is 16.7 Å². The summed E-state index contributed by atoms with van der Waals surface area (Å²) in [5.74, 6) is -7.51. The lowest BCUT2D eigenvalue weighted by Crippen LogP contribution is -2.47. The third-order valence-corrected chi connectivity index (χ3v) is 14.9. The van der Waals surface area contributed by atoms with Crippen LogP contribution in [0.4, 0.5) is 53.3 Å². The molecule has 0 aromatic heterocycles. The number of anilines is 6. The highest BCUT2D eigenvalue weighted by Gasteiger charge is 2.32. The molecule has 0 unspecified atom stereocenters. The van der Waals surface area contributed by atoms with Crippen LogP contribution in [0.25, 0.3) is 0 Å². The Morgan fingerprint density at radius 2 is 0.541 bits per heavy atom. The summed E-state index contributed by atoms with van der Waals surface area (Å²) in [4.78, 5) is 180. The lowest BCUT2D eigenvalue weighted by Gasteiger charge is -2.24. The highest BCUT2D eigenvalue weighted by Crippen LogP contribution is 2.26. The molecule has 0 saturated heterocycles. The first kappa shape index (κ1) is 85.6. The minimum Gasteiger partial charge on any atom is -0.462 e. The molecule has 0 spiro atoms. The van der Waals surface area contributed by atoms with E-state index in [0.717, 1.165) is 0 Å². The summed E-state index contributed by atoms with van der Waals surface area (Å²) in [7, 11) is 0. The van der Waals surface area contributed by atoms with Crippen LogP contribution in [0.2, 0.25) is 0 Å². The van der Waals surface area contributed by atoms with Crippen molar-refractivity contribution in [2.45, 2.75) is 189 Å². The minimum atomic E-state index is -1.47. The summed E-state index contributed by atoms with van der Waals surface area (Å²) in [5.41, 5.74) is -2.86. The number of carbonyl (C=O) groups excluding carboxylic acids is 13. The van der Waals surface area contributed by atoms with Crippen molar-refractivity contribution in [3.8, 4) is 0 Å². The Kier molecular flexibility index (Phi) is 30.0. The van der Waals surface area contributed by atoms with Gasteiger partial charge in [-0.2, -0.15) is 0 Å². The van der Waals surface area contributed by atoms with Gasteiger partial charge in [0.1, 0.15) is 58.7 Å². The number of rotatable bonds is 28. The van der Waals surface area contributed by atoms with Crippen LogP contribution in [-0.4, -0.2) is 143 Å². The highest BCUT2D eigenvalue weighted by molar-refractivity contribution is 6.08. The SMILES string of the molecule is CCOC(=O)c1cc(NC(=O)[C@H](C)NC(=O)c2cc(NC(=O)[C@H](C)NC(=O)OC(C)(C)C)cc(NC(=O)[C@H](C)NC(=O)OC(C)(C)C)c2)cc(NC(=O)[C@H](Cc2ccccc2)NC(=O)c2cc(NC(=O)[C@H](Cc3ccccc3)NC(=O)OC(C)(C)C)cc(NC(=O)[C@H](Cc3ccccc3)NC(=O)OC(C)(C)C)c2)c1. The van der Waals surface area contributed by atoms with Crippen LogP contribution in [0.3, 0.4) is 0 Å². The molecule has 6 atom stereocenters. The summed E-state index contributed by atoms with van der Waals surface area (Å²) in [6, 6.07) is 29.8. The average Bonchev–Trinajstić information content (AvgIpc) is 0.827. The van der Waals surface area contributed by atoms with E-state index in [4.69, 9.17) is 23.7 Å². The molecular weight excluding hydrogens is 1400 g/mol. The van der Waals surface area contributed by atoms with Crippen molar-refractivity contribution in [2.24, 2.45) is 0 Å². The predicted molar refractivity (Wildman–Crippen MR) is 410 cm³/mol. The van der Waals surface area contributed by atoms with E-state index in [9.17, 15) is 57.5 Å². The lowest BCUT2D eigenvalue weighted by molar-refractivity contribution is -0.118. The molecule has 109 heavy (non-hydrogen) atoms. The molecule has 6 rings (SSSR count). The van der Waals surface area contributed by atoms with Gasteiger partial charge in [-0.3, -0.25) is 38.4 Å². The molecule has 582 valence electrons. The molecule has 0 saturated carbocycles. The number of benzene rings is 6. The topological polar surface area (TPSA) is 412 Å². The molecule has 0 aliphatic heterocycles. The molecule has 0 radical (unpaired) electrons. The zero-order chi connectivity index (χ0) is 80.7. The number of nitrogens with one attached hydrogen (secondary N) is 12. The van der Waals surface area contributed by atoms with Crippen molar-refractivity contribution in [1.82, 2.24) is 31.9 Å². The van der Waals surface area contributed by atoms with Gasteiger partial charge in [-0.15, -0.1) is 0 Å². The second-order valence-corrected chi connectivity index (χ2v) is 29.5. The summed E-state index contributed by atoms with van der Waals surface area (Å²) < 4.78 is 26.9. The van der Waals surface area contributed by atoms with Gasteiger partial charge >= 0.3 is 30.3 Å². The first-order valence-corrected chi connectivity index (χ1v) is 35.1. The number of alkyl carbamates (subject to hydrolysis) is 4. The van der Waals surface area contributed by atoms with E-state index in [2.05, 4.69) is 63.8 Å². The van der Waals surface area contributed by atoms with E-state index in [1.807, 2.05) is 0 Å². The van der Waals surface area contributed by atoms with Crippen molar-refractivity contribution in [3.05, 3.63) is 179 Å². The highest BCUT2D eigenvalue weighted by atomic mass is 16.6. The smallest absolute Gasteiger partial charge is 0.408 e. The van der Waals surface area contributed by atoms with Gasteiger partial charge in [-0.1, -0.05) is 91.0 Å². The number of esters is 1. The zero-order valence-corrected chi connectivity index (χ0v) is 64.0. The molecule has 0 bridgehead atoms. The van der Waals surface area contributed by atoms with Crippen LogP contribution in [0.5, 0.6) is 0 Å². The Morgan fingerprint density at radius 3 is 0.817 bits per heavy atom. The van der Waals surface area contributed by atoms with Crippen molar-refractivity contribution in [2.75, 3.05) is 38.5 Å². The van der Waals surface area contributed by atoms with E-state index in [1.165, 1.54) is 75.4 Å². The maximum atomic E-state index is 15.0. The van der Waals surface area contributed by atoms with Crippen LogP contribution in [0.15, 0.2) is 146 Å². The van der Waals surface area contributed by atoms with Gasteiger partial charge < -0.3 is 87.5 Å². The monoisotopic (exact) mass is 1500 g/mol. The third-order valence-electron chi connectivity index (χ3n) is 14.9. The number of ether oxygens (including phenoxy) is 5. The quantitative estimate of drug-likeness (QED) is 0.0160. The summed E-state index contributed by atoms with van der Waals surface area (Å²) >= 11 is 0. The van der Waals surface area contributed by atoms with Crippen molar-refractivity contribution in [1.29, 1.82) is 0 Å². The second kappa shape index (κ2) is 38.2. The van der Waals surface area contributed by atoms with Gasteiger partial charge in [-0.05, 0) is 182 Å². The molecule has 0 fully saturated rings. The van der Waals surface area contributed by atoms with Crippen LogP contribution in [0.1, 0.15) is 159 Å². The second-order valence-electron chi connectivity index (χ2n) is 29.5. The number of hydrogen-bond acceptors (Lipinski definition) is 18. The fourth-order valence-corrected chi connectivity index (χ4v) is 10.1. The molecular formula is C79H98N12O18. The predicted octanol–water partition coefficient (Wildman–Crippen LogP) is 10.5. The molecule has 12 amide bonds. The molecule has 6 aromatic carbocycles. The standard InChI is InChI=1S/C79H98N12O18/c1-17-105-71(100)53-40-58(85-63(92)45(2)80-66(95)51-36-54(83-64(93)46(3)81-72(101)106-76(5,6)7)42-55(37-51)84-65(94)47(4)82-73(102)107-77(8,9)10)44-59(41-53)88-68(97)60(33-48-27-21-18-22-28-48)89-67(96)52-38-56(86-69(98)61(34-49-29-23-19-24-30-49)90-74(103)108-78(11,12)13)43-57(39-52)87-70(99)62(35-50-31-25-20-26-32-50)91-75(104)109-79(14,15)16/h18-32,36-47,60-62H,17,33-35H2,1-16H3,(H,80,95)(H,81,101)(H,82,102)(H,83,93)(H,84,94)(H,85,92)(H,86,98)(H,87,99)(H,88,97)(H,89,96)(H,90,103)(H,91,104)/t45-,46-,47-,60-,61-,62-/m0/s1. The van der Waals surface area contributed by atoms with Crippen molar-refractivity contribution >= 4 is 112 Å². The van der Waals surface area contributed by atoms with Crippen LogP contribution in [-0.2, 0) is 71.7 Å². The van der Waals surface area contributed by atoms with Gasteiger partial charge in [0.25, 0.3) is 11.8 Å². The summed E-state index contributed by atoms with van der Waals surface area (Å²) in [5, 5.41) is 31.6. The molecule has 0 aliphatic carbocycles. The first-order chi connectivity index (χ1) is 50.9. The Hall–Kier alpha value is -12.4. The van der Waals surface area contributed by atoms with E-state index in [1.54, 1.807) is 181 Å². The van der Waals surface area contributed by atoms with Gasteiger partial charge in [0, 0.05) is 64.5 Å². The van der Waals surface area contributed by atoms with Crippen LogP contribution < -0.4 is 63.8 Å². The summed E-state index contributed by atoms with van der Waals surface area (Å²) in [6.45, 7) is 25.3. The largest absolute Gasteiger partial charge is 0.462 e. The van der Waals surface area contributed by atoms with Crippen molar-refractivity contribution < 1.29 is 86.0 Å². The maximum absolute atomic E-state index is 15.0. The number of hydrogen-bond donors (Lipinski definition) is 12. The maximum Gasteiger partial charge on any atom is 0.408 e. The average molecular weight is 1500 g/mol. The Balaban J connectivity index is 1.32.